The second kappa shape index (κ2) is 7.57. The highest BCUT2D eigenvalue weighted by atomic mass is 17.2. The van der Waals surface area contributed by atoms with E-state index in [0.717, 1.165) is 11.1 Å². The van der Waals surface area contributed by atoms with Crippen molar-refractivity contribution in [2.24, 2.45) is 0 Å². The molecule has 2 aromatic rings. The molecule has 0 saturated carbocycles. The van der Waals surface area contributed by atoms with Gasteiger partial charge in [-0.2, -0.15) is 4.89 Å². The number of rotatable bonds is 6. The molecular formula is C17H17O4. The lowest BCUT2D eigenvalue weighted by molar-refractivity contribution is -0.237. The molecule has 0 bridgehead atoms. The molecule has 0 fully saturated rings. The lowest BCUT2D eigenvalue weighted by Gasteiger charge is -2.11. The van der Waals surface area contributed by atoms with E-state index >= 15 is 0 Å². The first-order valence-electron chi connectivity index (χ1n) is 6.57. The minimum atomic E-state index is -0.537. The Balaban J connectivity index is 2.15. The molecule has 0 unspecified atom stereocenters. The summed E-state index contributed by atoms with van der Waals surface area (Å²) in [5, 5.41) is 0. The topological polar surface area (TPSA) is 44.8 Å². The fourth-order valence-electron chi connectivity index (χ4n) is 1.91. The summed E-state index contributed by atoms with van der Waals surface area (Å²) in [6.07, 6.45) is 0.475. The maximum atomic E-state index is 12.1. The summed E-state index contributed by atoms with van der Waals surface area (Å²) in [4.78, 5) is 21.9. The number of hydrogen-bond donors (Lipinski definition) is 0. The van der Waals surface area contributed by atoms with Crippen LogP contribution in [0.2, 0.25) is 0 Å². The number of benzene rings is 2. The molecule has 4 nitrogen and oxygen atoms in total. The Bertz CT molecular complexity index is 580. The van der Waals surface area contributed by atoms with Gasteiger partial charge in [0.15, 0.2) is 6.10 Å². The van der Waals surface area contributed by atoms with Crippen LogP contribution in [0.5, 0.6) is 0 Å². The van der Waals surface area contributed by atoms with Crippen molar-refractivity contribution in [1.82, 2.24) is 0 Å². The monoisotopic (exact) mass is 285 g/mol. The summed E-state index contributed by atoms with van der Waals surface area (Å²) in [7, 11) is 1.54. The van der Waals surface area contributed by atoms with Gasteiger partial charge in [-0.3, -0.25) is 4.89 Å². The Kier molecular flexibility index (Phi) is 5.49. The third-order valence-corrected chi connectivity index (χ3v) is 2.84. The van der Waals surface area contributed by atoms with Gasteiger partial charge < -0.3 is 4.74 Å². The zero-order chi connectivity index (χ0) is 15.1. The molecule has 2 rings (SSSR count). The largest absolute Gasteiger partial charge is 0.381 e. The van der Waals surface area contributed by atoms with Crippen molar-refractivity contribution in [3.63, 3.8) is 0 Å². The van der Waals surface area contributed by atoms with Gasteiger partial charge in [0.1, 0.15) is 0 Å². The van der Waals surface area contributed by atoms with Gasteiger partial charge in [0, 0.05) is 7.11 Å². The molecule has 0 atom stereocenters. The molecule has 0 amide bonds. The van der Waals surface area contributed by atoms with Crippen molar-refractivity contribution in [3.05, 3.63) is 66.3 Å². The van der Waals surface area contributed by atoms with Crippen molar-refractivity contribution in [3.8, 4) is 11.1 Å². The van der Waals surface area contributed by atoms with E-state index in [2.05, 4.69) is 0 Å². The first-order chi connectivity index (χ1) is 10.2. The Morgan fingerprint density at radius 2 is 1.62 bits per heavy atom. The normalized spacial score (nSPS) is 10.6. The summed E-state index contributed by atoms with van der Waals surface area (Å²) in [6, 6.07) is 16.9. The number of hydrogen-bond acceptors (Lipinski definition) is 4. The van der Waals surface area contributed by atoms with Crippen molar-refractivity contribution >= 4 is 5.97 Å². The third kappa shape index (κ3) is 4.15. The number of carbonyl (C=O) groups excluding carboxylic acids is 1. The molecule has 0 aliphatic rings. The lowest BCUT2D eigenvalue weighted by atomic mass is 10.00. The SMILES string of the molecule is COC[C](C)OOC(=O)c1ccccc1-c1ccccc1. The van der Waals surface area contributed by atoms with E-state index in [4.69, 9.17) is 14.5 Å². The van der Waals surface area contributed by atoms with E-state index in [9.17, 15) is 4.79 Å². The second-order valence-corrected chi connectivity index (χ2v) is 4.50. The van der Waals surface area contributed by atoms with Crippen LogP contribution in [0.25, 0.3) is 11.1 Å². The zero-order valence-electron chi connectivity index (χ0n) is 12.0. The molecule has 1 radical (unpaired) electrons. The van der Waals surface area contributed by atoms with E-state index in [1.54, 1.807) is 26.2 Å². The molecular weight excluding hydrogens is 268 g/mol. The maximum Gasteiger partial charge on any atom is 0.373 e. The summed E-state index contributed by atoms with van der Waals surface area (Å²) in [6.45, 7) is 1.95. The highest BCUT2D eigenvalue weighted by Crippen LogP contribution is 2.24. The molecule has 0 aliphatic heterocycles. The third-order valence-electron chi connectivity index (χ3n) is 2.84. The van der Waals surface area contributed by atoms with Gasteiger partial charge in [-0.25, -0.2) is 4.79 Å². The van der Waals surface area contributed by atoms with Crippen molar-refractivity contribution in [2.75, 3.05) is 13.7 Å². The van der Waals surface area contributed by atoms with Crippen LogP contribution >= 0.6 is 0 Å². The summed E-state index contributed by atoms with van der Waals surface area (Å²) >= 11 is 0. The first-order valence-corrected chi connectivity index (χ1v) is 6.57. The van der Waals surface area contributed by atoms with Crippen molar-refractivity contribution < 1.29 is 19.3 Å². The van der Waals surface area contributed by atoms with Crippen molar-refractivity contribution in [1.29, 1.82) is 0 Å². The average molecular weight is 285 g/mol. The van der Waals surface area contributed by atoms with E-state index in [-0.39, 0.29) is 6.61 Å². The van der Waals surface area contributed by atoms with Crippen molar-refractivity contribution in [2.45, 2.75) is 6.92 Å². The van der Waals surface area contributed by atoms with Gasteiger partial charge in [0.05, 0.1) is 12.2 Å². The van der Waals surface area contributed by atoms with E-state index in [1.165, 1.54) is 0 Å². The minimum absolute atomic E-state index is 0.271. The second-order valence-electron chi connectivity index (χ2n) is 4.50. The fourth-order valence-corrected chi connectivity index (χ4v) is 1.91. The van der Waals surface area contributed by atoms with E-state index < -0.39 is 5.97 Å². The first kappa shape index (κ1) is 15.2. The fraction of sp³-hybridized carbons (Fsp3) is 0.176. The molecule has 4 heteroatoms. The van der Waals surface area contributed by atoms with Gasteiger partial charge in [-0.15, -0.1) is 0 Å². The maximum absolute atomic E-state index is 12.1. The lowest BCUT2D eigenvalue weighted by Crippen LogP contribution is -2.12. The molecule has 0 aliphatic carbocycles. The van der Waals surface area contributed by atoms with Gasteiger partial charge in [-0.1, -0.05) is 48.5 Å². The van der Waals surface area contributed by atoms with Crippen LogP contribution < -0.4 is 0 Å². The van der Waals surface area contributed by atoms with Crippen LogP contribution in [0.4, 0.5) is 0 Å². The molecule has 0 heterocycles. The quantitative estimate of drug-likeness (QED) is 0.600. The van der Waals surface area contributed by atoms with Gasteiger partial charge in [-0.05, 0) is 24.1 Å². The number of carbonyl (C=O) groups is 1. The van der Waals surface area contributed by atoms with Gasteiger partial charge >= 0.3 is 5.97 Å². The van der Waals surface area contributed by atoms with Crippen LogP contribution in [0.15, 0.2) is 54.6 Å². The van der Waals surface area contributed by atoms with Crippen LogP contribution in [0.3, 0.4) is 0 Å². The van der Waals surface area contributed by atoms with Crippen LogP contribution in [0, 0.1) is 6.10 Å². The smallest absolute Gasteiger partial charge is 0.373 e. The predicted molar refractivity (Wildman–Crippen MR) is 79.2 cm³/mol. The Morgan fingerprint density at radius 1 is 0.952 bits per heavy atom. The predicted octanol–water partition coefficient (Wildman–Crippen LogP) is 3.64. The summed E-state index contributed by atoms with van der Waals surface area (Å²) in [5.41, 5.74) is 2.20. The molecule has 0 aromatic heterocycles. The van der Waals surface area contributed by atoms with Crippen LogP contribution in [0.1, 0.15) is 17.3 Å². The van der Waals surface area contributed by atoms with E-state index in [0.29, 0.717) is 11.7 Å². The molecule has 0 N–H and O–H groups in total. The zero-order valence-corrected chi connectivity index (χ0v) is 12.0. The van der Waals surface area contributed by atoms with Crippen LogP contribution in [-0.4, -0.2) is 19.7 Å². The number of ether oxygens (including phenoxy) is 1. The molecule has 2 aromatic carbocycles. The molecule has 21 heavy (non-hydrogen) atoms. The summed E-state index contributed by atoms with van der Waals surface area (Å²) in [5.74, 6) is -0.537. The Labute approximate surface area is 124 Å². The van der Waals surface area contributed by atoms with E-state index in [1.807, 2.05) is 42.5 Å². The van der Waals surface area contributed by atoms with Gasteiger partial charge in [0.25, 0.3) is 0 Å². The minimum Gasteiger partial charge on any atom is -0.381 e. The highest BCUT2D eigenvalue weighted by Gasteiger charge is 2.16. The highest BCUT2D eigenvalue weighted by molar-refractivity contribution is 5.96. The Hall–Kier alpha value is -2.17. The molecule has 0 spiro atoms. The van der Waals surface area contributed by atoms with Crippen LogP contribution in [-0.2, 0) is 14.5 Å². The molecule has 0 saturated heterocycles. The molecule has 109 valence electrons. The summed E-state index contributed by atoms with van der Waals surface area (Å²) < 4.78 is 4.88. The average Bonchev–Trinajstić information content (AvgIpc) is 2.54. The number of methoxy groups -OCH3 is 1. The van der Waals surface area contributed by atoms with Gasteiger partial charge in [0.2, 0.25) is 0 Å². The Morgan fingerprint density at radius 3 is 2.33 bits per heavy atom. The standard InChI is InChI=1S/C17H17O4/c1-13(12-19-2)20-21-17(18)16-11-7-6-10-15(16)14-8-4-3-5-9-14/h3-11H,12H2,1-2H3.